The Labute approximate surface area is 371 Å². The molecule has 0 fully saturated rings. The van der Waals surface area contributed by atoms with Crippen LogP contribution in [0.15, 0.2) is 212 Å². The minimum atomic E-state index is -0.162. The highest BCUT2D eigenvalue weighted by Crippen LogP contribution is 2.51. The number of hydrogen-bond acceptors (Lipinski definition) is 2. The third kappa shape index (κ3) is 5.54. The van der Waals surface area contributed by atoms with Crippen molar-refractivity contribution in [1.82, 2.24) is 14.5 Å². The Morgan fingerprint density at radius 2 is 0.859 bits per heavy atom. The van der Waals surface area contributed by atoms with Gasteiger partial charge in [-0.3, -0.25) is 4.98 Å². The second-order valence-electron chi connectivity index (χ2n) is 17.8. The van der Waals surface area contributed by atoms with Gasteiger partial charge in [-0.15, -0.1) is 0 Å². The molecule has 0 aliphatic heterocycles. The zero-order valence-corrected chi connectivity index (χ0v) is 35.5. The van der Waals surface area contributed by atoms with Crippen molar-refractivity contribution in [3.63, 3.8) is 0 Å². The van der Waals surface area contributed by atoms with E-state index in [0.29, 0.717) is 0 Å². The Morgan fingerprint density at radius 1 is 0.359 bits per heavy atom. The Kier molecular flexibility index (Phi) is 7.95. The molecule has 2 heterocycles. The van der Waals surface area contributed by atoms with Gasteiger partial charge in [-0.2, -0.15) is 0 Å². The summed E-state index contributed by atoms with van der Waals surface area (Å²) in [5, 5.41) is 7.20. The molecular formula is C61H41N3. The first kappa shape index (κ1) is 36.5. The summed E-state index contributed by atoms with van der Waals surface area (Å²) in [7, 11) is 0. The maximum Gasteiger partial charge on any atom is 0.0979 e. The largest absolute Gasteiger partial charge is 0.309 e. The van der Waals surface area contributed by atoms with Crippen molar-refractivity contribution in [2.24, 2.45) is 0 Å². The first-order valence-electron chi connectivity index (χ1n) is 22.1. The van der Waals surface area contributed by atoms with E-state index in [-0.39, 0.29) is 5.41 Å². The molecule has 13 rings (SSSR count). The molecule has 1 aliphatic rings. The number of nitrogens with zero attached hydrogens (tertiary/aromatic N) is 3. The SMILES string of the molecule is CC1(C)c2cc(-c3ccc(-c4cccc(-c5cnc6c7ccccc7c7ccccc7c6n5)c4)cc3)ccc2-c2ccc(-c3ccc4c5ccccc5n(-c5ccccc5)c4c3)cc21. The molecule has 3 heteroatoms. The van der Waals surface area contributed by atoms with Crippen molar-refractivity contribution in [3.05, 3.63) is 224 Å². The van der Waals surface area contributed by atoms with Crippen molar-refractivity contribution in [2.75, 3.05) is 0 Å². The van der Waals surface area contributed by atoms with E-state index in [4.69, 9.17) is 9.97 Å². The van der Waals surface area contributed by atoms with Crippen LogP contribution in [-0.4, -0.2) is 14.5 Å². The zero-order chi connectivity index (χ0) is 42.5. The maximum atomic E-state index is 5.26. The van der Waals surface area contributed by atoms with Crippen molar-refractivity contribution in [1.29, 1.82) is 0 Å². The molecule has 0 spiro atoms. The smallest absolute Gasteiger partial charge is 0.0979 e. The number of para-hydroxylation sites is 2. The number of rotatable bonds is 5. The summed E-state index contributed by atoms with van der Waals surface area (Å²) in [5.41, 5.74) is 19.8. The molecule has 10 aromatic carbocycles. The molecule has 0 atom stereocenters. The lowest BCUT2D eigenvalue weighted by Gasteiger charge is -2.22. The van der Waals surface area contributed by atoms with Gasteiger partial charge in [0.15, 0.2) is 0 Å². The molecule has 0 bridgehead atoms. The minimum Gasteiger partial charge on any atom is -0.309 e. The lowest BCUT2D eigenvalue weighted by Crippen LogP contribution is -2.15. The highest BCUT2D eigenvalue weighted by atomic mass is 15.0. The van der Waals surface area contributed by atoms with Crippen LogP contribution in [0.2, 0.25) is 0 Å². The molecule has 1 aliphatic carbocycles. The van der Waals surface area contributed by atoms with Crippen LogP contribution in [0.5, 0.6) is 0 Å². The second kappa shape index (κ2) is 13.9. The van der Waals surface area contributed by atoms with Gasteiger partial charge in [0.25, 0.3) is 0 Å². The Hall–Kier alpha value is -8.14. The lowest BCUT2D eigenvalue weighted by molar-refractivity contribution is 0.661. The van der Waals surface area contributed by atoms with E-state index in [1.807, 2.05) is 6.20 Å². The van der Waals surface area contributed by atoms with Crippen LogP contribution in [0.4, 0.5) is 0 Å². The highest BCUT2D eigenvalue weighted by molar-refractivity contribution is 6.23. The van der Waals surface area contributed by atoms with E-state index in [9.17, 15) is 0 Å². The van der Waals surface area contributed by atoms with Crippen molar-refractivity contribution in [2.45, 2.75) is 19.3 Å². The van der Waals surface area contributed by atoms with Crippen LogP contribution < -0.4 is 0 Å². The molecular weight excluding hydrogens is 775 g/mol. The number of fused-ring (bicyclic) bond motifs is 12. The molecule has 0 saturated heterocycles. The standard InChI is InChI=1S/C61H41N3/c1-61(2)54-34-41(27-30-48(54)49-31-28-42(35-55(49)61)43-29-32-51-50-19-10-11-22-57(50)64(58(51)36-43)45-15-4-3-5-16-45)39-25-23-38(24-26-39)40-13-12-14-44(33-40)56-37-62-59-52-20-8-6-17-46(52)47-18-7-9-21-53(47)60(59)63-56/h3-37H,1-2H3. The number of benzene rings is 10. The number of aromatic nitrogens is 3. The van der Waals surface area contributed by atoms with Crippen LogP contribution in [0.25, 0.3) is 116 Å². The van der Waals surface area contributed by atoms with Gasteiger partial charge in [0.05, 0.1) is 34.0 Å². The van der Waals surface area contributed by atoms with Gasteiger partial charge >= 0.3 is 0 Å². The number of hydrogen-bond donors (Lipinski definition) is 0. The Balaban J connectivity index is 0.810. The predicted molar refractivity (Wildman–Crippen MR) is 268 cm³/mol. The monoisotopic (exact) mass is 815 g/mol. The van der Waals surface area contributed by atoms with E-state index in [2.05, 4.69) is 225 Å². The van der Waals surface area contributed by atoms with Gasteiger partial charge in [0.1, 0.15) is 0 Å². The fourth-order valence-corrected chi connectivity index (χ4v) is 10.6. The van der Waals surface area contributed by atoms with Crippen LogP contribution in [0.3, 0.4) is 0 Å². The first-order chi connectivity index (χ1) is 31.5. The molecule has 0 unspecified atom stereocenters. The van der Waals surface area contributed by atoms with Crippen molar-refractivity contribution in [3.8, 4) is 61.5 Å². The van der Waals surface area contributed by atoms with Gasteiger partial charge < -0.3 is 4.57 Å². The summed E-state index contributed by atoms with van der Waals surface area (Å²) in [4.78, 5) is 10.3. The Bertz CT molecular complexity index is 3820. The maximum absolute atomic E-state index is 5.26. The molecule has 12 aromatic rings. The van der Waals surface area contributed by atoms with E-state index in [1.54, 1.807) is 0 Å². The fourth-order valence-electron chi connectivity index (χ4n) is 10.6. The summed E-state index contributed by atoms with van der Waals surface area (Å²) in [6, 6.07) is 75.2. The normalized spacial score (nSPS) is 13.0. The second-order valence-corrected chi connectivity index (χ2v) is 17.8. The van der Waals surface area contributed by atoms with Crippen LogP contribution in [0, 0.1) is 0 Å². The van der Waals surface area contributed by atoms with Gasteiger partial charge in [0.2, 0.25) is 0 Å². The summed E-state index contributed by atoms with van der Waals surface area (Å²) >= 11 is 0. The molecule has 0 saturated carbocycles. The summed E-state index contributed by atoms with van der Waals surface area (Å²) in [6.45, 7) is 4.75. The molecule has 0 amide bonds. The lowest BCUT2D eigenvalue weighted by atomic mass is 9.81. The van der Waals surface area contributed by atoms with Gasteiger partial charge in [-0.25, -0.2) is 4.98 Å². The average Bonchev–Trinajstić information content (AvgIpc) is 3.81. The molecule has 3 nitrogen and oxygen atoms in total. The summed E-state index contributed by atoms with van der Waals surface area (Å²) < 4.78 is 2.40. The van der Waals surface area contributed by atoms with Gasteiger partial charge in [0, 0.05) is 38.2 Å². The van der Waals surface area contributed by atoms with Crippen LogP contribution >= 0.6 is 0 Å². The molecule has 64 heavy (non-hydrogen) atoms. The predicted octanol–water partition coefficient (Wildman–Crippen LogP) is 16.0. The average molecular weight is 816 g/mol. The van der Waals surface area contributed by atoms with E-state index in [0.717, 1.165) is 38.6 Å². The van der Waals surface area contributed by atoms with Crippen molar-refractivity contribution < 1.29 is 0 Å². The highest BCUT2D eigenvalue weighted by Gasteiger charge is 2.36. The van der Waals surface area contributed by atoms with Crippen LogP contribution in [0.1, 0.15) is 25.0 Å². The van der Waals surface area contributed by atoms with E-state index >= 15 is 0 Å². The molecule has 0 N–H and O–H groups in total. The van der Waals surface area contributed by atoms with E-state index < -0.39 is 0 Å². The van der Waals surface area contributed by atoms with Crippen LogP contribution in [-0.2, 0) is 5.41 Å². The van der Waals surface area contributed by atoms with E-state index in [1.165, 1.54) is 88.3 Å². The zero-order valence-electron chi connectivity index (χ0n) is 35.5. The third-order valence-electron chi connectivity index (χ3n) is 13.8. The topological polar surface area (TPSA) is 30.7 Å². The molecule has 0 radical (unpaired) electrons. The summed E-state index contributed by atoms with van der Waals surface area (Å²) in [5.74, 6) is 0. The van der Waals surface area contributed by atoms with Crippen molar-refractivity contribution >= 4 is 54.4 Å². The fraction of sp³-hybridized carbons (Fsp3) is 0.0492. The molecule has 2 aromatic heterocycles. The first-order valence-corrected chi connectivity index (χ1v) is 22.1. The minimum absolute atomic E-state index is 0.162. The quantitative estimate of drug-likeness (QED) is 0.162. The summed E-state index contributed by atoms with van der Waals surface area (Å²) in [6.07, 6.45) is 1.92. The third-order valence-corrected chi connectivity index (χ3v) is 13.8. The van der Waals surface area contributed by atoms with Gasteiger partial charge in [-0.05, 0) is 109 Å². The Morgan fingerprint density at radius 3 is 1.55 bits per heavy atom. The van der Waals surface area contributed by atoms with Gasteiger partial charge in [-0.1, -0.05) is 178 Å². The molecule has 300 valence electrons.